The van der Waals surface area contributed by atoms with Crippen LogP contribution in [0.3, 0.4) is 0 Å². The summed E-state index contributed by atoms with van der Waals surface area (Å²) in [4.78, 5) is 22.0. The largest absolute Gasteiger partial charge is 0.372 e. The van der Waals surface area contributed by atoms with E-state index in [9.17, 15) is 4.79 Å². The van der Waals surface area contributed by atoms with Crippen LogP contribution in [0, 0.1) is 13.8 Å². The molecule has 5 nitrogen and oxygen atoms in total. The average Bonchev–Trinajstić information content (AvgIpc) is 2.62. The number of aryl methyl sites for hydroxylation is 1. The van der Waals surface area contributed by atoms with Crippen molar-refractivity contribution in [2.45, 2.75) is 45.9 Å². The number of ether oxygens (including phenoxy) is 1. The number of nitrogens with one attached hydrogen (secondary N) is 1. The van der Waals surface area contributed by atoms with Gasteiger partial charge in [-0.15, -0.1) is 0 Å². The second kappa shape index (κ2) is 7.73. The zero-order valence-electron chi connectivity index (χ0n) is 14.4. The zero-order chi connectivity index (χ0) is 16.9. The summed E-state index contributed by atoms with van der Waals surface area (Å²) in [7, 11) is 0. The van der Waals surface area contributed by atoms with Crippen molar-refractivity contribution < 1.29 is 4.74 Å². The number of rotatable bonds is 5. The van der Waals surface area contributed by atoms with Crippen molar-refractivity contribution in [3.05, 3.63) is 63.3 Å². The molecule has 1 N–H and O–H groups in total. The molecule has 128 valence electrons. The minimum absolute atomic E-state index is 0.150. The molecule has 0 spiro atoms. The lowest BCUT2D eigenvalue weighted by Crippen LogP contribution is -2.37. The third-order valence-corrected chi connectivity index (χ3v) is 4.72. The maximum Gasteiger partial charge on any atom is 0.187 e. The molecule has 1 saturated heterocycles. The minimum Gasteiger partial charge on any atom is -0.372 e. The fraction of sp³-hybridized carbons (Fsp3) is 0.474. The Balaban J connectivity index is 1.49. The Bertz CT molecular complexity index is 719. The van der Waals surface area contributed by atoms with E-state index in [1.54, 1.807) is 6.20 Å². The fourth-order valence-corrected chi connectivity index (χ4v) is 3.11. The summed E-state index contributed by atoms with van der Waals surface area (Å²) in [6.07, 6.45) is 5.94. The minimum atomic E-state index is 0.150. The van der Waals surface area contributed by atoms with Crippen LogP contribution in [0.4, 0.5) is 0 Å². The maximum absolute atomic E-state index is 12.0. The Hall–Kier alpha value is -1.98. The fourth-order valence-electron chi connectivity index (χ4n) is 3.11. The molecule has 0 radical (unpaired) electrons. The van der Waals surface area contributed by atoms with E-state index >= 15 is 0 Å². The van der Waals surface area contributed by atoms with Crippen LogP contribution in [-0.2, 0) is 17.9 Å². The molecule has 0 bridgehead atoms. The highest BCUT2D eigenvalue weighted by Crippen LogP contribution is 2.17. The number of piperidine rings is 1. The van der Waals surface area contributed by atoms with E-state index in [0.29, 0.717) is 12.7 Å². The van der Waals surface area contributed by atoms with Crippen molar-refractivity contribution in [1.29, 1.82) is 0 Å². The Labute approximate surface area is 142 Å². The summed E-state index contributed by atoms with van der Waals surface area (Å²) in [6.45, 7) is 7.11. The number of hydrogen-bond acceptors (Lipinski definition) is 4. The molecule has 2 aromatic rings. The summed E-state index contributed by atoms with van der Waals surface area (Å²) in [6, 6.07) is 5.89. The molecule has 24 heavy (non-hydrogen) atoms. The van der Waals surface area contributed by atoms with Crippen molar-refractivity contribution in [3.8, 4) is 0 Å². The van der Waals surface area contributed by atoms with Gasteiger partial charge < -0.3 is 9.72 Å². The number of likely N-dealkylation sites (tertiary alicyclic amines) is 1. The molecule has 3 rings (SSSR count). The second-order valence-electron chi connectivity index (χ2n) is 6.51. The molecule has 0 atom stereocenters. The van der Waals surface area contributed by atoms with Crippen molar-refractivity contribution in [2.75, 3.05) is 13.1 Å². The molecule has 1 aliphatic rings. The lowest BCUT2D eigenvalue weighted by molar-refractivity contribution is -0.00546. The molecule has 0 unspecified atom stereocenters. The standard InChI is InChI=1S/C19H25N3O2/c1-14-11-21-18(15(2)19(14)23)12-22-9-6-17(7-10-22)24-13-16-5-3-4-8-20-16/h3-5,8,11,17H,6-7,9-10,12-13H2,1-2H3,(H,21,23). The smallest absolute Gasteiger partial charge is 0.187 e. The first-order valence-electron chi connectivity index (χ1n) is 8.55. The summed E-state index contributed by atoms with van der Waals surface area (Å²) in [5.41, 5.74) is 3.77. The van der Waals surface area contributed by atoms with E-state index in [4.69, 9.17) is 4.74 Å². The van der Waals surface area contributed by atoms with Gasteiger partial charge >= 0.3 is 0 Å². The lowest BCUT2D eigenvalue weighted by atomic mass is 10.1. The van der Waals surface area contributed by atoms with Gasteiger partial charge in [0, 0.05) is 48.8 Å². The van der Waals surface area contributed by atoms with Gasteiger partial charge in [0.2, 0.25) is 0 Å². The number of hydrogen-bond donors (Lipinski definition) is 1. The highest BCUT2D eigenvalue weighted by molar-refractivity contribution is 5.23. The average molecular weight is 327 g/mol. The predicted molar refractivity (Wildman–Crippen MR) is 93.9 cm³/mol. The molecule has 1 fully saturated rings. The van der Waals surface area contributed by atoms with Crippen LogP contribution in [-0.4, -0.2) is 34.1 Å². The molecule has 0 saturated carbocycles. The molecule has 0 aliphatic carbocycles. The summed E-state index contributed by atoms with van der Waals surface area (Å²) >= 11 is 0. The highest BCUT2D eigenvalue weighted by atomic mass is 16.5. The van der Waals surface area contributed by atoms with Crippen LogP contribution < -0.4 is 5.43 Å². The number of pyridine rings is 2. The molecule has 2 aromatic heterocycles. The Morgan fingerprint density at radius 2 is 2.08 bits per heavy atom. The van der Waals surface area contributed by atoms with Gasteiger partial charge in [-0.2, -0.15) is 0 Å². The van der Waals surface area contributed by atoms with E-state index < -0.39 is 0 Å². The normalized spacial score (nSPS) is 16.4. The monoisotopic (exact) mass is 327 g/mol. The van der Waals surface area contributed by atoms with Gasteiger partial charge in [-0.25, -0.2) is 0 Å². The number of aromatic amines is 1. The summed E-state index contributed by atoms with van der Waals surface area (Å²) < 4.78 is 5.98. The highest BCUT2D eigenvalue weighted by Gasteiger charge is 2.20. The number of aromatic nitrogens is 2. The van der Waals surface area contributed by atoms with E-state index in [-0.39, 0.29) is 5.43 Å². The van der Waals surface area contributed by atoms with E-state index in [1.807, 2.05) is 38.2 Å². The molecule has 1 aliphatic heterocycles. The van der Waals surface area contributed by atoms with Crippen LogP contribution in [0.25, 0.3) is 0 Å². The first-order valence-corrected chi connectivity index (χ1v) is 8.55. The van der Waals surface area contributed by atoms with Gasteiger partial charge in [0.1, 0.15) is 0 Å². The van der Waals surface area contributed by atoms with Crippen LogP contribution in [0.2, 0.25) is 0 Å². The molecule has 5 heteroatoms. The van der Waals surface area contributed by atoms with Gasteiger partial charge in [0.05, 0.1) is 18.4 Å². The van der Waals surface area contributed by atoms with Crippen LogP contribution in [0.1, 0.15) is 35.4 Å². The van der Waals surface area contributed by atoms with Gasteiger partial charge in [-0.05, 0) is 38.8 Å². The van der Waals surface area contributed by atoms with E-state index in [0.717, 1.165) is 55.0 Å². The molecule has 3 heterocycles. The SMILES string of the molecule is Cc1c[nH]c(CN2CCC(OCc3ccccn3)CC2)c(C)c1=O. The number of nitrogens with zero attached hydrogens (tertiary/aromatic N) is 2. The van der Waals surface area contributed by atoms with Crippen LogP contribution in [0.5, 0.6) is 0 Å². The topological polar surface area (TPSA) is 58.2 Å². The summed E-state index contributed by atoms with van der Waals surface area (Å²) in [5.74, 6) is 0. The molecular weight excluding hydrogens is 302 g/mol. The van der Waals surface area contributed by atoms with Crippen LogP contribution in [0.15, 0.2) is 35.4 Å². The first-order chi connectivity index (χ1) is 11.6. The van der Waals surface area contributed by atoms with Crippen molar-refractivity contribution in [3.63, 3.8) is 0 Å². The predicted octanol–water partition coefficient (Wildman–Crippen LogP) is 2.57. The molecule has 0 aromatic carbocycles. The maximum atomic E-state index is 12.0. The lowest BCUT2D eigenvalue weighted by Gasteiger charge is -2.32. The number of H-pyrrole nitrogens is 1. The van der Waals surface area contributed by atoms with E-state index in [1.165, 1.54) is 0 Å². The third kappa shape index (κ3) is 4.10. The second-order valence-corrected chi connectivity index (χ2v) is 6.51. The van der Waals surface area contributed by atoms with Gasteiger partial charge in [0.15, 0.2) is 5.43 Å². The molecular formula is C19H25N3O2. The third-order valence-electron chi connectivity index (χ3n) is 4.72. The quantitative estimate of drug-likeness (QED) is 0.917. The van der Waals surface area contributed by atoms with Gasteiger partial charge in [-0.1, -0.05) is 6.07 Å². The Kier molecular flexibility index (Phi) is 5.43. The first kappa shape index (κ1) is 16.9. The van der Waals surface area contributed by atoms with Gasteiger partial charge in [-0.3, -0.25) is 14.7 Å². The zero-order valence-corrected chi connectivity index (χ0v) is 14.4. The van der Waals surface area contributed by atoms with Crippen LogP contribution >= 0.6 is 0 Å². The van der Waals surface area contributed by atoms with Crippen molar-refractivity contribution in [2.24, 2.45) is 0 Å². The Morgan fingerprint density at radius 1 is 1.29 bits per heavy atom. The Morgan fingerprint density at radius 3 is 2.79 bits per heavy atom. The van der Waals surface area contributed by atoms with Gasteiger partial charge in [0.25, 0.3) is 0 Å². The molecule has 0 amide bonds. The van der Waals surface area contributed by atoms with Crippen molar-refractivity contribution in [1.82, 2.24) is 14.9 Å². The van der Waals surface area contributed by atoms with E-state index in [2.05, 4.69) is 14.9 Å². The van der Waals surface area contributed by atoms with Crippen molar-refractivity contribution >= 4 is 0 Å². The summed E-state index contributed by atoms with van der Waals surface area (Å²) in [5, 5.41) is 0.